The molecule has 0 saturated carbocycles. The predicted molar refractivity (Wildman–Crippen MR) is 66.7 cm³/mol. The van der Waals surface area contributed by atoms with Crippen molar-refractivity contribution in [3.8, 4) is 11.1 Å². The average molecular weight is 269 g/mol. The minimum absolute atomic E-state index is 0.109. The SMILES string of the molecule is O=S(=O)(O)c1ccccc1-c1ccc(Cl)cc1. The highest BCUT2D eigenvalue weighted by Gasteiger charge is 2.15. The average Bonchev–Trinajstić information content (AvgIpc) is 2.29. The van der Waals surface area contributed by atoms with Crippen molar-refractivity contribution in [2.24, 2.45) is 0 Å². The Kier molecular flexibility index (Phi) is 3.19. The third kappa shape index (κ3) is 2.66. The van der Waals surface area contributed by atoms with Crippen molar-refractivity contribution >= 4 is 21.7 Å². The van der Waals surface area contributed by atoms with Crippen molar-refractivity contribution in [2.45, 2.75) is 4.90 Å². The van der Waals surface area contributed by atoms with Gasteiger partial charge in [0, 0.05) is 10.6 Å². The van der Waals surface area contributed by atoms with E-state index in [1.807, 2.05) is 0 Å². The predicted octanol–water partition coefficient (Wildman–Crippen LogP) is 3.25. The van der Waals surface area contributed by atoms with Gasteiger partial charge in [-0.1, -0.05) is 41.9 Å². The molecule has 0 bridgehead atoms. The summed E-state index contributed by atoms with van der Waals surface area (Å²) in [4.78, 5) is -0.109. The summed E-state index contributed by atoms with van der Waals surface area (Å²) in [6.07, 6.45) is 0. The Balaban J connectivity index is 2.64. The summed E-state index contributed by atoms with van der Waals surface area (Å²) in [5.41, 5.74) is 1.13. The molecule has 0 aliphatic rings. The Morgan fingerprint density at radius 1 is 0.941 bits per heavy atom. The van der Waals surface area contributed by atoms with Crippen molar-refractivity contribution in [1.82, 2.24) is 0 Å². The van der Waals surface area contributed by atoms with Crippen LogP contribution in [0.5, 0.6) is 0 Å². The van der Waals surface area contributed by atoms with E-state index in [0.29, 0.717) is 16.1 Å². The lowest BCUT2D eigenvalue weighted by molar-refractivity contribution is 0.483. The number of hydrogen-bond acceptors (Lipinski definition) is 2. The molecule has 2 aromatic rings. The second-order valence-electron chi connectivity index (χ2n) is 3.48. The van der Waals surface area contributed by atoms with E-state index in [1.165, 1.54) is 6.07 Å². The maximum absolute atomic E-state index is 11.2. The largest absolute Gasteiger partial charge is 0.295 e. The molecule has 0 aromatic heterocycles. The molecule has 0 unspecified atom stereocenters. The van der Waals surface area contributed by atoms with Crippen LogP contribution in [0.3, 0.4) is 0 Å². The third-order valence-electron chi connectivity index (χ3n) is 2.32. The summed E-state index contributed by atoms with van der Waals surface area (Å²) in [7, 11) is -4.22. The zero-order valence-corrected chi connectivity index (χ0v) is 10.2. The summed E-state index contributed by atoms with van der Waals surface area (Å²) in [6.45, 7) is 0. The summed E-state index contributed by atoms with van der Waals surface area (Å²) in [6, 6.07) is 13.0. The van der Waals surface area contributed by atoms with E-state index in [4.69, 9.17) is 16.2 Å². The zero-order chi connectivity index (χ0) is 12.5. The summed E-state index contributed by atoms with van der Waals surface area (Å²) < 4.78 is 31.6. The van der Waals surface area contributed by atoms with Gasteiger partial charge in [-0.2, -0.15) is 8.42 Å². The Hall–Kier alpha value is -1.36. The molecule has 0 aliphatic carbocycles. The van der Waals surface area contributed by atoms with Crippen LogP contribution in [0.25, 0.3) is 11.1 Å². The molecule has 3 nitrogen and oxygen atoms in total. The van der Waals surface area contributed by atoms with E-state index in [1.54, 1.807) is 42.5 Å². The molecule has 5 heteroatoms. The summed E-state index contributed by atoms with van der Waals surface area (Å²) in [5.74, 6) is 0. The molecule has 0 aliphatic heterocycles. The molecule has 0 fully saturated rings. The molecule has 0 atom stereocenters. The van der Waals surface area contributed by atoms with Crippen molar-refractivity contribution in [3.05, 3.63) is 53.6 Å². The first-order valence-corrected chi connectivity index (χ1v) is 6.63. The maximum Gasteiger partial charge on any atom is 0.295 e. The van der Waals surface area contributed by atoms with Crippen molar-refractivity contribution in [2.75, 3.05) is 0 Å². The van der Waals surface area contributed by atoms with Crippen LogP contribution in [0.15, 0.2) is 53.4 Å². The van der Waals surface area contributed by atoms with Gasteiger partial charge in [0.2, 0.25) is 0 Å². The molecule has 17 heavy (non-hydrogen) atoms. The van der Waals surface area contributed by atoms with Gasteiger partial charge in [0.05, 0.1) is 0 Å². The Morgan fingerprint density at radius 2 is 1.53 bits per heavy atom. The topological polar surface area (TPSA) is 54.4 Å². The van der Waals surface area contributed by atoms with Crippen LogP contribution >= 0.6 is 11.6 Å². The fourth-order valence-corrected chi connectivity index (χ4v) is 2.40. The quantitative estimate of drug-likeness (QED) is 0.851. The Morgan fingerprint density at radius 3 is 2.12 bits per heavy atom. The van der Waals surface area contributed by atoms with Gasteiger partial charge in [0.15, 0.2) is 0 Å². The van der Waals surface area contributed by atoms with E-state index in [0.717, 1.165) is 0 Å². The van der Waals surface area contributed by atoms with Crippen LogP contribution in [0.2, 0.25) is 5.02 Å². The van der Waals surface area contributed by atoms with Gasteiger partial charge in [-0.25, -0.2) is 0 Å². The van der Waals surface area contributed by atoms with Crippen molar-refractivity contribution in [1.29, 1.82) is 0 Å². The first-order chi connectivity index (χ1) is 7.98. The molecule has 1 N–H and O–H groups in total. The van der Waals surface area contributed by atoms with E-state index in [2.05, 4.69) is 0 Å². The molecular formula is C12H9ClO3S. The van der Waals surface area contributed by atoms with Gasteiger partial charge in [-0.05, 0) is 23.8 Å². The summed E-state index contributed by atoms with van der Waals surface area (Å²) >= 11 is 5.76. The van der Waals surface area contributed by atoms with Crippen LogP contribution in [-0.4, -0.2) is 13.0 Å². The normalized spacial score (nSPS) is 11.4. The second kappa shape index (κ2) is 4.49. The first kappa shape index (κ1) is 12.1. The molecule has 2 aromatic carbocycles. The number of rotatable bonds is 2. The van der Waals surface area contributed by atoms with Crippen LogP contribution in [0, 0.1) is 0 Å². The highest BCUT2D eigenvalue weighted by atomic mass is 35.5. The van der Waals surface area contributed by atoms with Gasteiger partial charge in [0.1, 0.15) is 4.90 Å². The third-order valence-corrected chi connectivity index (χ3v) is 3.48. The van der Waals surface area contributed by atoms with Gasteiger partial charge in [-0.3, -0.25) is 4.55 Å². The molecule has 0 radical (unpaired) electrons. The van der Waals surface area contributed by atoms with Crippen molar-refractivity contribution < 1.29 is 13.0 Å². The van der Waals surface area contributed by atoms with Gasteiger partial charge in [-0.15, -0.1) is 0 Å². The molecule has 0 spiro atoms. The first-order valence-electron chi connectivity index (χ1n) is 4.81. The lowest BCUT2D eigenvalue weighted by atomic mass is 10.1. The molecule has 2 rings (SSSR count). The van der Waals surface area contributed by atoms with Crippen LogP contribution < -0.4 is 0 Å². The Labute approximate surface area is 104 Å². The Bertz CT molecular complexity index is 633. The summed E-state index contributed by atoms with van der Waals surface area (Å²) in [5, 5.41) is 0.568. The highest BCUT2D eigenvalue weighted by Crippen LogP contribution is 2.27. The van der Waals surface area contributed by atoms with Crippen LogP contribution in [0.4, 0.5) is 0 Å². The van der Waals surface area contributed by atoms with Gasteiger partial charge < -0.3 is 0 Å². The molecular weight excluding hydrogens is 260 g/mol. The van der Waals surface area contributed by atoms with E-state index in [9.17, 15) is 8.42 Å². The maximum atomic E-state index is 11.2. The van der Waals surface area contributed by atoms with E-state index in [-0.39, 0.29) is 4.90 Å². The minimum atomic E-state index is -4.22. The highest BCUT2D eigenvalue weighted by molar-refractivity contribution is 7.86. The fourth-order valence-electron chi connectivity index (χ4n) is 1.56. The zero-order valence-electron chi connectivity index (χ0n) is 8.67. The number of benzene rings is 2. The fraction of sp³-hybridized carbons (Fsp3) is 0. The van der Waals surface area contributed by atoms with Gasteiger partial charge in [0.25, 0.3) is 10.1 Å². The minimum Gasteiger partial charge on any atom is -0.282 e. The number of halogens is 1. The molecule has 88 valence electrons. The standard InChI is InChI=1S/C12H9ClO3S/c13-10-7-5-9(6-8-10)11-3-1-2-4-12(11)17(14,15)16/h1-8H,(H,14,15,16). The second-order valence-corrected chi connectivity index (χ2v) is 5.30. The van der Waals surface area contributed by atoms with Gasteiger partial charge >= 0.3 is 0 Å². The van der Waals surface area contributed by atoms with E-state index >= 15 is 0 Å². The lowest BCUT2D eigenvalue weighted by Gasteiger charge is -2.06. The lowest BCUT2D eigenvalue weighted by Crippen LogP contribution is -2.00. The molecule has 0 heterocycles. The van der Waals surface area contributed by atoms with Crippen LogP contribution in [0.1, 0.15) is 0 Å². The molecule has 0 amide bonds. The smallest absolute Gasteiger partial charge is 0.282 e. The van der Waals surface area contributed by atoms with E-state index < -0.39 is 10.1 Å². The van der Waals surface area contributed by atoms with Crippen molar-refractivity contribution in [3.63, 3.8) is 0 Å². The molecule has 0 saturated heterocycles. The number of hydrogen-bond donors (Lipinski definition) is 1. The van der Waals surface area contributed by atoms with Crippen LogP contribution in [-0.2, 0) is 10.1 Å². The monoisotopic (exact) mass is 268 g/mol.